The summed E-state index contributed by atoms with van der Waals surface area (Å²) in [7, 11) is 1.27. The maximum atomic E-state index is 13.8. The van der Waals surface area contributed by atoms with Crippen molar-refractivity contribution in [1.29, 1.82) is 0 Å². The normalized spacial score (nSPS) is 37.3. The van der Waals surface area contributed by atoms with E-state index in [0.29, 0.717) is 0 Å². The van der Waals surface area contributed by atoms with E-state index in [1.807, 2.05) is 0 Å². The minimum absolute atomic E-state index is 0.0396. The van der Waals surface area contributed by atoms with Gasteiger partial charge in [-0.15, -0.1) is 0 Å². The minimum Gasteiger partial charge on any atom is -0.508 e. The molecule has 3 fully saturated rings. The van der Waals surface area contributed by atoms with Crippen molar-refractivity contribution in [1.82, 2.24) is 0 Å². The SMILES string of the molecule is COc1cc(-c2oc3cc(O)cc(O)c3c(=O)c2O[C@@H]2O[C@H](CO[C@@H]3O[C@H](C)[C@H](O[C@@H]4O[C@@H](C)[C@H](O)[C@H](O)[C@@H]4O)[C@H](O)[C@H]3O)[C@H](O)[C@@H](O)[C@H]2O)ccc1O. The molecular weight excluding hydrogens is 728 g/mol. The van der Waals surface area contributed by atoms with Crippen molar-refractivity contribution in [3.63, 3.8) is 0 Å². The number of hydrogen-bond acceptors (Lipinski definition) is 20. The molecule has 0 amide bonds. The Labute approximate surface area is 305 Å². The molecule has 3 saturated heterocycles. The van der Waals surface area contributed by atoms with Gasteiger partial charge in [-0.2, -0.15) is 0 Å². The summed E-state index contributed by atoms with van der Waals surface area (Å²) in [5, 5.41) is 115. The number of rotatable bonds is 9. The van der Waals surface area contributed by atoms with Crippen molar-refractivity contribution in [2.24, 2.45) is 0 Å². The number of aromatic hydroxyl groups is 3. The third kappa shape index (κ3) is 7.41. The van der Waals surface area contributed by atoms with Crippen LogP contribution in [0.4, 0.5) is 0 Å². The number of benzene rings is 2. The van der Waals surface area contributed by atoms with E-state index in [2.05, 4.69) is 0 Å². The van der Waals surface area contributed by atoms with Crippen molar-refractivity contribution in [2.45, 2.75) is 106 Å². The molecule has 298 valence electrons. The zero-order valence-electron chi connectivity index (χ0n) is 28.8. The molecule has 3 aromatic rings. The number of aliphatic hydroxyl groups excluding tert-OH is 8. The molecule has 3 aliphatic heterocycles. The topological polar surface area (TPSA) is 317 Å². The van der Waals surface area contributed by atoms with Gasteiger partial charge in [0, 0.05) is 17.7 Å². The Hall–Kier alpha value is -3.87. The number of methoxy groups -OCH3 is 1. The van der Waals surface area contributed by atoms with Crippen LogP contribution in [0.5, 0.6) is 28.7 Å². The van der Waals surface area contributed by atoms with Gasteiger partial charge in [0.05, 0.1) is 25.9 Å². The first-order valence-corrected chi connectivity index (χ1v) is 16.8. The van der Waals surface area contributed by atoms with E-state index >= 15 is 0 Å². The van der Waals surface area contributed by atoms with Crippen LogP contribution in [0.1, 0.15) is 13.8 Å². The molecule has 2 aromatic carbocycles. The molecule has 20 nitrogen and oxygen atoms in total. The third-order valence-corrected chi connectivity index (χ3v) is 9.56. The molecule has 0 bridgehead atoms. The number of fused-ring (bicyclic) bond motifs is 1. The fraction of sp³-hybridized carbons (Fsp3) is 0.559. The van der Waals surface area contributed by atoms with E-state index in [-0.39, 0.29) is 28.4 Å². The Morgan fingerprint density at radius 2 is 1.33 bits per heavy atom. The lowest BCUT2D eigenvalue weighted by Gasteiger charge is -2.46. The van der Waals surface area contributed by atoms with Gasteiger partial charge in [-0.1, -0.05) is 0 Å². The molecule has 1 aromatic heterocycles. The van der Waals surface area contributed by atoms with Gasteiger partial charge < -0.3 is 93.7 Å². The van der Waals surface area contributed by atoms with E-state index in [9.17, 15) is 61.0 Å². The van der Waals surface area contributed by atoms with Gasteiger partial charge in [-0.3, -0.25) is 4.79 Å². The van der Waals surface area contributed by atoms with Crippen molar-refractivity contribution < 1.29 is 93.7 Å². The highest BCUT2D eigenvalue weighted by molar-refractivity contribution is 5.88. The molecule has 15 atom stereocenters. The highest BCUT2D eigenvalue weighted by Crippen LogP contribution is 2.40. The number of phenols is 3. The van der Waals surface area contributed by atoms with Crippen LogP contribution in [0.25, 0.3) is 22.3 Å². The highest BCUT2D eigenvalue weighted by Gasteiger charge is 2.51. The molecule has 6 rings (SSSR count). The number of ether oxygens (including phenoxy) is 7. The number of hydrogen-bond donors (Lipinski definition) is 11. The minimum atomic E-state index is -2.00. The van der Waals surface area contributed by atoms with Crippen molar-refractivity contribution in [2.75, 3.05) is 13.7 Å². The quantitative estimate of drug-likeness (QED) is 0.107. The summed E-state index contributed by atoms with van der Waals surface area (Å²) >= 11 is 0. The van der Waals surface area contributed by atoms with Crippen LogP contribution >= 0.6 is 0 Å². The summed E-state index contributed by atoms with van der Waals surface area (Å²) in [5.41, 5.74) is -1.20. The van der Waals surface area contributed by atoms with Crippen LogP contribution in [0, 0.1) is 0 Å². The lowest BCUT2D eigenvalue weighted by atomic mass is 9.97. The van der Waals surface area contributed by atoms with Gasteiger partial charge in [-0.05, 0) is 32.0 Å². The second-order valence-electron chi connectivity index (χ2n) is 13.3. The molecule has 0 saturated carbocycles. The molecule has 0 aliphatic carbocycles. The Morgan fingerprint density at radius 3 is 2.04 bits per heavy atom. The molecule has 0 spiro atoms. The standard InChI is InChI=1S/C34H42O20/c1-10-20(38)23(41)26(44)33(49-10)53-29-11(2)50-32(28(46)25(29)43)48-9-18-21(39)24(42)27(45)34(52-18)54-31-22(40)19-15(37)7-13(35)8-17(19)51-30(31)12-4-5-14(36)16(6-12)47-3/h4-8,10-11,18,20-21,23-29,32-39,41-46H,9H2,1-3H3/t10-,11+,18+,20-,21-,23-,24+,25+,26-,27+,28+,29-,32+,33-,34-/m0/s1. The predicted octanol–water partition coefficient (Wildman–Crippen LogP) is -2.53. The molecule has 20 heteroatoms. The van der Waals surface area contributed by atoms with Crippen LogP contribution in [-0.2, 0) is 23.7 Å². The Kier molecular flexibility index (Phi) is 11.6. The van der Waals surface area contributed by atoms with Crippen molar-refractivity contribution in [3.05, 3.63) is 40.6 Å². The van der Waals surface area contributed by atoms with Gasteiger partial charge >= 0.3 is 0 Å². The lowest BCUT2D eigenvalue weighted by Crippen LogP contribution is -2.63. The van der Waals surface area contributed by atoms with Gasteiger partial charge in [-0.25, -0.2) is 0 Å². The summed E-state index contributed by atoms with van der Waals surface area (Å²) in [6, 6.07) is 5.75. The van der Waals surface area contributed by atoms with E-state index in [1.165, 1.54) is 39.2 Å². The molecule has 4 heterocycles. The van der Waals surface area contributed by atoms with Crippen LogP contribution in [0.2, 0.25) is 0 Å². The Morgan fingerprint density at radius 1 is 0.685 bits per heavy atom. The largest absolute Gasteiger partial charge is 0.508 e. The van der Waals surface area contributed by atoms with Crippen molar-refractivity contribution >= 4 is 11.0 Å². The smallest absolute Gasteiger partial charge is 0.239 e. The molecule has 11 N–H and O–H groups in total. The average Bonchev–Trinajstić information content (AvgIpc) is 3.13. The molecule has 3 aliphatic rings. The maximum Gasteiger partial charge on any atom is 0.239 e. The second-order valence-corrected chi connectivity index (χ2v) is 13.3. The van der Waals surface area contributed by atoms with Gasteiger partial charge in [0.2, 0.25) is 17.5 Å². The van der Waals surface area contributed by atoms with Gasteiger partial charge in [0.15, 0.2) is 29.8 Å². The van der Waals surface area contributed by atoms with Crippen LogP contribution < -0.4 is 14.9 Å². The molecule has 0 radical (unpaired) electrons. The van der Waals surface area contributed by atoms with E-state index < -0.39 is 127 Å². The first-order valence-electron chi connectivity index (χ1n) is 16.8. The monoisotopic (exact) mass is 770 g/mol. The summed E-state index contributed by atoms with van der Waals surface area (Å²) in [5.74, 6) is -2.44. The Bertz CT molecular complexity index is 1850. The Balaban J connectivity index is 1.21. The summed E-state index contributed by atoms with van der Waals surface area (Å²) in [6.45, 7) is 2.20. The van der Waals surface area contributed by atoms with Gasteiger partial charge in [0.25, 0.3) is 0 Å². The predicted molar refractivity (Wildman–Crippen MR) is 176 cm³/mol. The van der Waals surface area contributed by atoms with Crippen molar-refractivity contribution in [3.8, 4) is 40.1 Å². The number of phenolic OH excluding ortho intramolecular Hbond substituents is 3. The van der Waals surface area contributed by atoms with E-state index in [0.717, 1.165) is 12.1 Å². The zero-order valence-corrected chi connectivity index (χ0v) is 28.8. The maximum absolute atomic E-state index is 13.8. The third-order valence-electron chi connectivity index (χ3n) is 9.56. The summed E-state index contributed by atoms with van der Waals surface area (Å²) in [4.78, 5) is 13.8. The van der Waals surface area contributed by atoms with Crippen LogP contribution in [-0.4, -0.2) is 162 Å². The average molecular weight is 771 g/mol. The van der Waals surface area contributed by atoms with E-state index in [1.54, 1.807) is 0 Å². The second kappa shape index (κ2) is 15.7. The number of aliphatic hydroxyl groups is 8. The summed E-state index contributed by atoms with van der Waals surface area (Å²) < 4.78 is 44.9. The van der Waals surface area contributed by atoms with Crippen LogP contribution in [0.15, 0.2) is 39.5 Å². The summed E-state index contributed by atoms with van der Waals surface area (Å²) in [6.07, 6.45) is -24.0. The van der Waals surface area contributed by atoms with E-state index in [4.69, 9.17) is 37.6 Å². The molecule has 0 unspecified atom stereocenters. The van der Waals surface area contributed by atoms with Crippen LogP contribution in [0.3, 0.4) is 0 Å². The lowest BCUT2D eigenvalue weighted by molar-refractivity contribution is -0.357. The fourth-order valence-electron chi connectivity index (χ4n) is 6.45. The first-order chi connectivity index (χ1) is 25.5. The molecular formula is C34H42O20. The zero-order chi connectivity index (χ0) is 39.3. The fourth-order valence-corrected chi connectivity index (χ4v) is 6.45. The van der Waals surface area contributed by atoms with Gasteiger partial charge in [0.1, 0.15) is 83.5 Å². The first kappa shape index (κ1) is 39.8. The molecule has 54 heavy (non-hydrogen) atoms. The highest BCUT2D eigenvalue weighted by atomic mass is 16.7.